The minimum atomic E-state index is -0.923. The number of benzene rings is 1. The molecule has 1 heterocycles. The molecule has 0 saturated heterocycles. The van der Waals surface area contributed by atoms with E-state index in [1.807, 2.05) is 0 Å². The van der Waals surface area contributed by atoms with Gasteiger partial charge in [0.1, 0.15) is 16.9 Å². The Labute approximate surface area is 132 Å². The first-order valence-electron chi connectivity index (χ1n) is 6.68. The van der Waals surface area contributed by atoms with E-state index in [1.54, 1.807) is 31.2 Å². The van der Waals surface area contributed by atoms with Gasteiger partial charge in [0, 0.05) is 24.0 Å². The van der Waals surface area contributed by atoms with Gasteiger partial charge < -0.3 is 4.74 Å². The minimum Gasteiger partial charge on any atom is -0.465 e. The van der Waals surface area contributed by atoms with Crippen molar-refractivity contribution < 1.29 is 13.9 Å². The predicted octanol–water partition coefficient (Wildman–Crippen LogP) is 3.92. The Kier molecular flexibility index (Phi) is 5.61. The van der Waals surface area contributed by atoms with E-state index < -0.39 is 17.7 Å². The Balaban J connectivity index is 2.33. The predicted molar refractivity (Wildman–Crippen MR) is 83.2 cm³/mol. The number of carbonyl (C=O) groups excluding carboxylic acids is 1. The van der Waals surface area contributed by atoms with E-state index in [4.69, 9.17) is 16.3 Å². The number of ether oxygens (including phenoxy) is 1. The van der Waals surface area contributed by atoms with Gasteiger partial charge in [-0.25, -0.2) is 9.37 Å². The van der Waals surface area contributed by atoms with Crippen LogP contribution < -0.4 is 0 Å². The van der Waals surface area contributed by atoms with Crippen molar-refractivity contribution >= 4 is 29.5 Å². The van der Waals surface area contributed by atoms with Crippen molar-refractivity contribution in [2.24, 2.45) is 4.99 Å². The van der Waals surface area contributed by atoms with Crippen LogP contribution in [0, 0.1) is 5.82 Å². The molecule has 0 aliphatic carbocycles. The Bertz CT molecular complexity index is 691. The van der Waals surface area contributed by atoms with Crippen LogP contribution in [-0.2, 0) is 9.53 Å². The van der Waals surface area contributed by atoms with E-state index >= 15 is 0 Å². The van der Waals surface area contributed by atoms with Crippen LogP contribution >= 0.6 is 11.6 Å². The molecule has 0 aliphatic rings. The average molecular weight is 321 g/mol. The summed E-state index contributed by atoms with van der Waals surface area (Å²) >= 11 is 5.78. The second kappa shape index (κ2) is 7.66. The summed E-state index contributed by atoms with van der Waals surface area (Å²) < 4.78 is 18.9. The zero-order valence-corrected chi connectivity index (χ0v) is 12.6. The van der Waals surface area contributed by atoms with Gasteiger partial charge in [0.05, 0.1) is 12.3 Å². The van der Waals surface area contributed by atoms with Crippen molar-refractivity contribution in [3.8, 4) is 0 Å². The quantitative estimate of drug-likeness (QED) is 0.476. The Morgan fingerprint density at radius 3 is 2.91 bits per heavy atom. The maximum Gasteiger partial charge on any atom is 0.319 e. The Morgan fingerprint density at radius 1 is 1.45 bits per heavy atom. The molecule has 22 heavy (non-hydrogen) atoms. The topological polar surface area (TPSA) is 51.5 Å². The van der Waals surface area contributed by atoms with Crippen molar-refractivity contribution in [3.63, 3.8) is 0 Å². The molecule has 0 bridgehead atoms. The normalized spacial score (nSPS) is 12.3. The van der Waals surface area contributed by atoms with Crippen molar-refractivity contribution in [2.75, 3.05) is 6.61 Å². The zero-order chi connectivity index (χ0) is 15.9. The molecule has 1 unspecified atom stereocenters. The molecule has 2 rings (SSSR count). The first-order valence-corrected chi connectivity index (χ1v) is 7.06. The van der Waals surface area contributed by atoms with Gasteiger partial charge in [0.15, 0.2) is 0 Å². The highest BCUT2D eigenvalue weighted by molar-refractivity contribution is 6.29. The van der Waals surface area contributed by atoms with Crippen molar-refractivity contribution in [2.45, 2.75) is 12.8 Å². The van der Waals surface area contributed by atoms with E-state index in [1.165, 1.54) is 24.5 Å². The smallest absolute Gasteiger partial charge is 0.319 e. The monoisotopic (exact) mass is 320 g/mol. The van der Waals surface area contributed by atoms with Crippen LogP contribution in [0.3, 0.4) is 0 Å². The number of hydrogen-bond acceptors (Lipinski definition) is 4. The zero-order valence-electron chi connectivity index (χ0n) is 11.9. The minimum absolute atomic E-state index is 0.207. The number of nitrogens with zero attached hydrogens (tertiary/aromatic N) is 2. The second-order valence-electron chi connectivity index (χ2n) is 4.37. The molecule has 0 amide bonds. The first-order chi connectivity index (χ1) is 10.6. The lowest BCUT2D eigenvalue weighted by Gasteiger charge is -2.12. The molecule has 4 nitrogen and oxygen atoms in total. The SMILES string of the molecule is CCOC(=O)C(C=Nc1ccnc(Cl)c1)c1ccccc1F. The highest BCUT2D eigenvalue weighted by Crippen LogP contribution is 2.21. The summed E-state index contributed by atoms with van der Waals surface area (Å²) in [5.74, 6) is -1.97. The third-order valence-electron chi connectivity index (χ3n) is 2.86. The van der Waals surface area contributed by atoms with Crippen LogP contribution in [0.25, 0.3) is 0 Å². The molecule has 114 valence electrons. The average Bonchev–Trinajstić information content (AvgIpc) is 2.49. The van der Waals surface area contributed by atoms with Gasteiger partial charge in [0.2, 0.25) is 0 Å². The van der Waals surface area contributed by atoms with Gasteiger partial charge in [-0.2, -0.15) is 0 Å². The maximum atomic E-state index is 13.9. The molecular formula is C16H14ClFN2O2. The van der Waals surface area contributed by atoms with E-state index in [0.29, 0.717) is 5.69 Å². The van der Waals surface area contributed by atoms with Crippen molar-refractivity contribution in [3.05, 3.63) is 59.1 Å². The van der Waals surface area contributed by atoms with E-state index in [2.05, 4.69) is 9.98 Å². The fraction of sp³-hybridized carbons (Fsp3) is 0.188. The Hall–Kier alpha value is -2.27. The molecule has 0 N–H and O–H groups in total. The van der Waals surface area contributed by atoms with E-state index in [9.17, 15) is 9.18 Å². The molecular weight excluding hydrogens is 307 g/mol. The lowest BCUT2D eigenvalue weighted by atomic mass is 10.00. The molecule has 6 heteroatoms. The molecule has 0 fully saturated rings. The molecule has 0 aliphatic heterocycles. The number of pyridine rings is 1. The fourth-order valence-electron chi connectivity index (χ4n) is 1.86. The summed E-state index contributed by atoms with van der Waals surface area (Å²) in [7, 11) is 0. The summed E-state index contributed by atoms with van der Waals surface area (Å²) in [4.78, 5) is 20.1. The summed E-state index contributed by atoms with van der Waals surface area (Å²) in [5, 5.41) is 0.285. The molecule has 1 aromatic carbocycles. The highest BCUT2D eigenvalue weighted by atomic mass is 35.5. The number of esters is 1. The standard InChI is InChI=1S/C16H14ClFN2O2/c1-2-22-16(21)13(12-5-3-4-6-14(12)18)10-20-11-7-8-19-15(17)9-11/h3-10,13H,2H2,1H3. The highest BCUT2D eigenvalue weighted by Gasteiger charge is 2.23. The van der Waals surface area contributed by atoms with E-state index in [0.717, 1.165) is 0 Å². The lowest BCUT2D eigenvalue weighted by Crippen LogP contribution is -2.18. The molecule has 0 radical (unpaired) electrons. The molecule has 1 aromatic heterocycles. The van der Waals surface area contributed by atoms with Gasteiger partial charge >= 0.3 is 5.97 Å². The molecule has 0 saturated carbocycles. The van der Waals surface area contributed by atoms with Gasteiger partial charge in [-0.05, 0) is 19.1 Å². The van der Waals surface area contributed by atoms with Crippen LogP contribution in [-0.4, -0.2) is 23.8 Å². The van der Waals surface area contributed by atoms with E-state index in [-0.39, 0.29) is 17.3 Å². The third-order valence-corrected chi connectivity index (χ3v) is 3.07. The fourth-order valence-corrected chi connectivity index (χ4v) is 2.03. The number of aliphatic imine (C=N–C) groups is 1. The number of halogens is 2. The van der Waals surface area contributed by atoms with Crippen LogP contribution in [0.15, 0.2) is 47.6 Å². The lowest BCUT2D eigenvalue weighted by molar-refractivity contribution is -0.143. The van der Waals surface area contributed by atoms with Crippen molar-refractivity contribution in [1.82, 2.24) is 4.98 Å². The van der Waals surface area contributed by atoms with Gasteiger partial charge in [-0.3, -0.25) is 9.79 Å². The Morgan fingerprint density at radius 2 is 2.23 bits per heavy atom. The molecule has 0 spiro atoms. The molecule has 1 atom stereocenters. The van der Waals surface area contributed by atoms with Crippen LogP contribution in [0.4, 0.5) is 10.1 Å². The molecule has 2 aromatic rings. The summed E-state index contributed by atoms with van der Waals surface area (Å²) in [5.41, 5.74) is 0.732. The van der Waals surface area contributed by atoms with Crippen LogP contribution in [0.5, 0.6) is 0 Å². The van der Waals surface area contributed by atoms with Crippen LogP contribution in [0.2, 0.25) is 5.15 Å². The first kappa shape index (κ1) is 16.1. The van der Waals surface area contributed by atoms with Crippen molar-refractivity contribution in [1.29, 1.82) is 0 Å². The maximum absolute atomic E-state index is 13.9. The largest absolute Gasteiger partial charge is 0.465 e. The summed E-state index contributed by atoms with van der Waals surface area (Å²) in [6.07, 6.45) is 2.85. The number of aromatic nitrogens is 1. The van der Waals surface area contributed by atoms with Gasteiger partial charge in [-0.1, -0.05) is 29.8 Å². The van der Waals surface area contributed by atoms with Gasteiger partial charge in [-0.15, -0.1) is 0 Å². The summed E-state index contributed by atoms with van der Waals surface area (Å²) in [6.45, 7) is 1.90. The third kappa shape index (κ3) is 4.11. The number of hydrogen-bond donors (Lipinski definition) is 0. The second-order valence-corrected chi connectivity index (χ2v) is 4.75. The van der Waals surface area contributed by atoms with Crippen LogP contribution in [0.1, 0.15) is 18.4 Å². The number of carbonyl (C=O) groups is 1. The summed E-state index contributed by atoms with van der Waals surface area (Å²) in [6, 6.07) is 9.21. The van der Waals surface area contributed by atoms with Gasteiger partial charge in [0.25, 0.3) is 0 Å². The number of rotatable bonds is 5.